The average Bonchev–Trinajstić information content (AvgIpc) is 4.21. The number of H-pyrrole nitrogens is 1. The predicted octanol–water partition coefficient (Wildman–Crippen LogP) is 10.2. The van der Waals surface area contributed by atoms with Crippen LogP contribution < -0.4 is 29.1 Å². The van der Waals surface area contributed by atoms with Gasteiger partial charge in [0.1, 0.15) is 28.7 Å². The number of ether oxygens (including phenoxy) is 3. The maximum absolute atomic E-state index is 14.8. The van der Waals surface area contributed by atoms with Gasteiger partial charge in [-0.05, 0) is 129 Å². The number of anilines is 2. The van der Waals surface area contributed by atoms with Gasteiger partial charge in [0.2, 0.25) is 0 Å². The van der Waals surface area contributed by atoms with Gasteiger partial charge in [0.15, 0.2) is 11.5 Å². The van der Waals surface area contributed by atoms with Crippen LogP contribution in [-0.4, -0.2) is 109 Å². The number of pyridine rings is 1. The molecule has 1 spiro atoms. The van der Waals surface area contributed by atoms with Crippen LogP contribution in [-0.2, 0) is 23.0 Å². The largest absolute Gasteiger partial charge is 0.493 e. The highest BCUT2D eigenvalue weighted by molar-refractivity contribution is 7.90. The smallest absolute Gasteiger partial charge is 0.293 e. The molecule has 2 aromatic heterocycles. The first kappa shape index (κ1) is 53.2. The van der Waals surface area contributed by atoms with E-state index in [-0.39, 0.29) is 45.5 Å². The van der Waals surface area contributed by atoms with E-state index in [9.17, 15) is 32.8 Å². The van der Waals surface area contributed by atoms with Crippen LogP contribution in [0.2, 0.25) is 0 Å². The molecule has 11 rings (SSSR count). The molecule has 2 saturated carbocycles. The summed E-state index contributed by atoms with van der Waals surface area (Å²) in [5.74, 6) is 0.825. The fourth-order valence-electron chi connectivity index (χ4n) is 12.8. The Morgan fingerprint density at radius 3 is 2.54 bits per heavy atom. The van der Waals surface area contributed by atoms with Crippen molar-refractivity contribution in [1.82, 2.24) is 24.5 Å². The number of sulfonamides is 1. The van der Waals surface area contributed by atoms with Crippen LogP contribution >= 0.6 is 0 Å². The van der Waals surface area contributed by atoms with E-state index >= 15 is 0 Å². The number of hydrogen-bond acceptors (Lipinski definition) is 14. The SMILES string of the molecule is COc1cc(CN2CCN(C3CC4(CCN(c5ccc(C(=O)NS(=O)(=O)c6ccc(NCC7CCC(C)(O)CC7)c([N+](=O)[O-])c6)c(Oc6cnc7[nH]cc(F)c7c6)c5)CC4)C3)C(c3ccccc3C(C)C)C2)cc2c1OCC2. The van der Waals surface area contributed by atoms with Crippen LogP contribution in [0, 0.1) is 27.3 Å². The standard InChI is InChI=1S/C59H69FN8O9S/c1-37(2)45-7-5-6-8-46(45)52-36-65(35-39-25-40-15-24-76-55(40)54(26-39)75-4)22-23-67(52)42-30-59(31-42)18-20-66(21-19-59)41-9-11-47(53(27-41)77-43-28-48-49(60)34-63-56(48)62-33-43)57(69)64-78(73,74)44-10-12-50(51(29-44)68(71)72)61-32-38-13-16-58(3,70)17-14-38/h5-12,25-29,33-34,37-38,42,52,61,70H,13-24,30-32,35-36H2,1-4H3,(H,62,63)(H,64,69). The number of piperazine rings is 1. The van der Waals surface area contributed by atoms with Crippen molar-refractivity contribution in [3.8, 4) is 23.0 Å². The van der Waals surface area contributed by atoms with Gasteiger partial charge in [-0.3, -0.25) is 24.7 Å². The van der Waals surface area contributed by atoms with Crippen molar-refractivity contribution in [2.24, 2.45) is 11.3 Å². The first-order chi connectivity index (χ1) is 37.4. The number of piperidine rings is 1. The normalized spacial score (nSPS) is 21.8. The van der Waals surface area contributed by atoms with E-state index in [1.54, 1.807) is 26.2 Å². The minimum Gasteiger partial charge on any atom is -0.493 e. The number of methoxy groups -OCH3 is 1. The molecule has 78 heavy (non-hydrogen) atoms. The molecule has 3 aliphatic heterocycles. The zero-order valence-electron chi connectivity index (χ0n) is 44.7. The Kier molecular flexibility index (Phi) is 14.6. The molecule has 4 N–H and O–H groups in total. The molecule has 1 atom stereocenters. The molecule has 4 fully saturated rings. The molecule has 2 saturated heterocycles. The second-order valence-electron chi connectivity index (χ2n) is 22.9. The van der Waals surface area contributed by atoms with E-state index in [0.717, 1.165) is 107 Å². The third-order valence-electron chi connectivity index (χ3n) is 17.3. The fourth-order valence-corrected chi connectivity index (χ4v) is 13.8. The first-order valence-electron chi connectivity index (χ1n) is 27.3. The number of rotatable bonds is 16. The number of halogens is 1. The summed E-state index contributed by atoms with van der Waals surface area (Å²) in [4.78, 5) is 40.0. The van der Waals surface area contributed by atoms with Crippen LogP contribution in [0.15, 0.2) is 96.2 Å². The van der Waals surface area contributed by atoms with E-state index in [4.69, 9.17) is 14.2 Å². The van der Waals surface area contributed by atoms with Gasteiger partial charge in [-0.25, -0.2) is 22.5 Å². The number of carbonyl (C=O) groups excluding carboxylic acids is 1. The number of nitrogens with zero attached hydrogens (tertiary/aromatic N) is 5. The van der Waals surface area contributed by atoms with Crippen molar-refractivity contribution in [3.05, 3.63) is 135 Å². The third-order valence-corrected chi connectivity index (χ3v) is 18.6. The lowest BCUT2D eigenvalue weighted by molar-refractivity contribution is -0.384. The molecule has 412 valence electrons. The summed E-state index contributed by atoms with van der Waals surface area (Å²) in [5, 5.41) is 25.9. The van der Waals surface area contributed by atoms with Gasteiger partial charge in [-0.2, -0.15) is 0 Å². The van der Waals surface area contributed by atoms with E-state index < -0.39 is 42.9 Å². The Balaban J connectivity index is 0.786. The van der Waals surface area contributed by atoms with Crippen molar-refractivity contribution in [1.29, 1.82) is 0 Å². The lowest BCUT2D eigenvalue weighted by atomic mass is 9.59. The Labute approximate surface area is 454 Å². The van der Waals surface area contributed by atoms with E-state index in [1.807, 2.05) is 0 Å². The monoisotopic (exact) mass is 1080 g/mol. The molecule has 4 aromatic carbocycles. The van der Waals surface area contributed by atoms with Crippen molar-refractivity contribution in [2.75, 3.05) is 63.2 Å². The molecular formula is C59H69FN8O9S. The third kappa shape index (κ3) is 11.0. The second kappa shape index (κ2) is 21.4. The summed E-state index contributed by atoms with van der Waals surface area (Å²) in [6.07, 6.45) is 10.3. The van der Waals surface area contributed by atoms with Crippen LogP contribution in [0.5, 0.6) is 23.0 Å². The molecule has 2 aliphatic carbocycles. The lowest BCUT2D eigenvalue weighted by Gasteiger charge is -2.58. The van der Waals surface area contributed by atoms with Gasteiger partial charge >= 0.3 is 0 Å². The number of aromatic amines is 1. The Morgan fingerprint density at radius 2 is 1.78 bits per heavy atom. The highest BCUT2D eigenvalue weighted by Gasteiger charge is 2.50. The highest BCUT2D eigenvalue weighted by atomic mass is 32.2. The van der Waals surface area contributed by atoms with Crippen LogP contribution in [0.4, 0.5) is 21.5 Å². The number of nitro benzene ring substituents is 1. The highest BCUT2D eigenvalue weighted by Crippen LogP contribution is 2.54. The maximum atomic E-state index is 14.8. The van der Waals surface area contributed by atoms with Gasteiger partial charge in [-0.1, -0.05) is 44.2 Å². The first-order valence-corrected chi connectivity index (χ1v) is 28.8. The summed E-state index contributed by atoms with van der Waals surface area (Å²) in [5.41, 5.74) is 5.34. The molecule has 19 heteroatoms. The van der Waals surface area contributed by atoms with Crippen LogP contribution in [0.1, 0.15) is 117 Å². The Hall–Kier alpha value is -6.80. The van der Waals surface area contributed by atoms with E-state index in [2.05, 4.69) is 85.0 Å². The van der Waals surface area contributed by atoms with Gasteiger partial charge in [0.05, 0.1) is 46.3 Å². The van der Waals surface area contributed by atoms with Gasteiger partial charge in [0.25, 0.3) is 21.6 Å². The molecule has 5 aliphatic rings. The molecule has 5 heterocycles. The van der Waals surface area contributed by atoms with Gasteiger partial charge in [0, 0.05) is 93.9 Å². The number of nitro groups is 1. The number of fused-ring (bicyclic) bond motifs is 2. The summed E-state index contributed by atoms with van der Waals surface area (Å²) < 4.78 is 62.6. The topological polar surface area (TPSA) is 205 Å². The Morgan fingerprint density at radius 1 is 1.00 bits per heavy atom. The number of nitrogens with one attached hydrogen (secondary N) is 3. The number of benzene rings is 4. The minimum atomic E-state index is -4.65. The zero-order valence-corrected chi connectivity index (χ0v) is 45.5. The van der Waals surface area contributed by atoms with E-state index in [0.29, 0.717) is 43.6 Å². The van der Waals surface area contributed by atoms with Crippen molar-refractivity contribution in [2.45, 2.75) is 114 Å². The van der Waals surface area contributed by atoms with Crippen LogP contribution in [0.3, 0.4) is 0 Å². The summed E-state index contributed by atoms with van der Waals surface area (Å²) in [7, 11) is -2.94. The number of amides is 1. The van der Waals surface area contributed by atoms with Crippen molar-refractivity contribution in [3.63, 3.8) is 0 Å². The molecule has 17 nitrogen and oxygen atoms in total. The summed E-state index contributed by atoms with van der Waals surface area (Å²) in [6, 6.07) is 24.0. The molecule has 0 bridgehead atoms. The zero-order chi connectivity index (χ0) is 54.5. The molecular weight excluding hydrogens is 1020 g/mol. The number of carbonyl (C=O) groups is 1. The molecule has 1 amide bonds. The van der Waals surface area contributed by atoms with Crippen molar-refractivity contribution < 1.29 is 41.8 Å². The summed E-state index contributed by atoms with van der Waals surface area (Å²) >= 11 is 0. The van der Waals surface area contributed by atoms with Crippen molar-refractivity contribution >= 4 is 44.0 Å². The fraction of sp³-hybridized carbons (Fsp3) is 0.458. The predicted molar refractivity (Wildman–Crippen MR) is 296 cm³/mol. The average molecular weight is 1090 g/mol. The maximum Gasteiger partial charge on any atom is 0.293 e. The van der Waals surface area contributed by atoms with Gasteiger partial charge < -0.3 is 34.5 Å². The lowest BCUT2D eigenvalue weighted by Crippen LogP contribution is -2.60. The van der Waals surface area contributed by atoms with Crippen LogP contribution in [0.25, 0.3) is 11.0 Å². The second-order valence-corrected chi connectivity index (χ2v) is 24.6. The molecule has 1 unspecified atom stereocenters. The quantitative estimate of drug-likeness (QED) is 0.0526. The number of aromatic nitrogens is 2. The summed E-state index contributed by atoms with van der Waals surface area (Å²) in [6.45, 7) is 12.7. The van der Waals surface area contributed by atoms with E-state index in [1.165, 1.54) is 58.9 Å². The molecule has 6 aromatic rings. The minimum absolute atomic E-state index is 0.0206. The molecule has 0 radical (unpaired) electrons. The number of aliphatic hydroxyl groups is 1. The number of hydrogen-bond donors (Lipinski definition) is 4. The van der Waals surface area contributed by atoms with Gasteiger partial charge in [-0.15, -0.1) is 0 Å². The Bertz CT molecular complexity index is 3340.